The van der Waals surface area contributed by atoms with Crippen LogP contribution in [0, 0.1) is 0 Å². The van der Waals surface area contributed by atoms with E-state index in [4.69, 9.17) is 0 Å². The monoisotopic (exact) mass is 392 g/mol. The number of likely N-dealkylation sites (N-methyl/N-ethyl adjacent to an activating group) is 1. The zero-order valence-corrected chi connectivity index (χ0v) is 14.1. The molecule has 0 aliphatic heterocycles. The van der Waals surface area contributed by atoms with Gasteiger partial charge in [0.05, 0.1) is 7.57 Å². The third kappa shape index (κ3) is 3.01. The van der Waals surface area contributed by atoms with Crippen LogP contribution in [0.3, 0.4) is 0 Å². The predicted molar refractivity (Wildman–Crippen MR) is 80.9 cm³/mol. The minimum atomic E-state index is 0.233. The van der Waals surface area contributed by atoms with Crippen LogP contribution < -0.4 is 5.32 Å². The first-order valence-corrected chi connectivity index (χ1v) is 8.04. The first-order chi connectivity index (χ1) is 8.65. The van der Waals surface area contributed by atoms with E-state index in [0.717, 1.165) is 26.4 Å². The van der Waals surface area contributed by atoms with Crippen molar-refractivity contribution in [2.75, 3.05) is 7.05 Å². The van der Waals surface area contributed by atoms with Crippen LogP contribution in [0.2, 0.25) is 0 Å². The smallest absolute Gasteiger partial charge is 0.138 e. The highest BCUT2D eigenvalue weighted by molar-refractivity contribution is 9.12. The van der Waals surface area contributed by atoms with Gasteiger partial charge in [0.2, 0.25) is 0 Å². The van der Waals surface area contributed by atoms with Gasteiger partial charge in [0, 0.05) is 19.0 Å². The number of halogens is 2. The molecular formula is C11H14Br2N4S. The summed E-state index contributed by atoms with van der Waals surface area (Å²) in [5.41, 5.74) is 1.25. The third-order valence-corrected chi connectivity index (χ3v) is 5.17. The highest BCUT2D eigenvalue weighted by Gasteiger charge is 2.18. The zero-order chi connectivity index (χ0) is 13.1. The van der Waals surface area contributed by atoms with Crippen molar-refractivity contribution >= 4 is 43.2 Å². The molecule has 0 aliphatic rings. The Bertz CT molecular complexity index is 523. The average molecular weight is 394 g/mol. The minimum absolute atomic E-state index is 0.233. The molecule has 2 aromatic heterocycles. The highest BCUT2D eigenvalue weighted by Crippen LogP contribution is 2.36. The largest absolute Gasteiger partial charge is 0.313 e. The number of nitrogens with one attached hydrogen (secondary N) is 1. The maximum absolute atomic E-state index is 4.32. The Morgan fingerprint density at radius 2 is 2.28 bits per heavy atom. The summed E-state index contributed by atoms with van der Waals surface area (Å²) in [4.78, 5) is 4.32. The molecule has 0 spiro atoms. The lowest BCUT2D eigenvalue weighted by atomic mass is 10.1. The number of aryl methyl sites for hydroxylation is 1. The predicted octanol–water partition coefficient (Wildman–Crippen LogP) is 3.39. The quantitative estimate of drug-likeness (QED) is 0.846. The molecule has 0 saturated carbocycles. The number of hydrogen-bond acceptors (Lipinski definition) is 4. The number of nitrogens with zero attached hydrogens (tertiary/aromatic N) is 3. The summed E-state index contributed by atoms with van der Waals surface area (Å²) in [6.45, 7) is 2.92. The Hall–Kier alpha value is -0.240. The zero-order valence-electron chi connectivity index (χ0n) is 10.2. The molecule has 0 aromatic carbocycles. The van der Waals surface area contributed by atoms with Gasteiger partial charge in [-0.3, -0.25) is 4.68 Å². The standard InChI is InChI=1S/C11H14Br2N4S/c1-3-17-10(15-6-16-17)5-8(14-2)7-4-9(12)18-11(7)13/h4,6,8,14H,3,5H2,1-2H3. The fourth-order valence-corrected chi connectivity index (χ4v) is 4.82. The average Bonchev–Trinajstić information content (AvgIpc) is 2.92. The fraction of sp³-hybridized carbons (Fsp3) is 0.455. The Labute approximate surface area is 127 Å². The summed E-state index contributed by atoms with van der Waals surface area (Å²) in [5.74, 6) is 1.01. The van der Waals surface area contributed by atoms with Gasteiger partial charge in [-0.25, -0.2) is 4.98 Å². The van der Waals surface area contributed by atoms with E-state index in [-0.39, 0.29) is 6.04 Å². The second-order valence-electron chi connectivity index (χ2n) is 3.82. The molecule has 7 heteroatoms. The van der Waals surface area contributed by atoms with Gasteiger partial charge in [0.1, 0.15) is 12.2 Å². The van der Waals surface area contributed by atoms with Gasteiger partial charge in [-0.2, -0.15) is 5.10 Å². The van der Waals surface area contributed by atoms with Crippen molar-refractivity contribution in [2.45, 2.75) is 25.9 Å². The van der Waals surface area contributed by atoms with Gasteiger partial charge in [-0.15, -0.1) is 11.3 Å². The van der Waals surface area contributed by atoms with E-state index in [2.05, 4.69) is 60.2 Å². The lowest BCUT2D eigenvalue weighted by Gasteiger charge is -2.15. The molecule has 0 amide bonds. The maximum Gasteiger partial charge on any atom is 0.138 e. The molecule has 98 valence electrons. The van der Waals surface area contributed by atoms with Crippen molar-refractivity contribution in [1.82, 2.24) is 20.1 Å². The van der Waals surface area contributed by atoms with Gasteiger partial charge < -0.3 is 5.32 Å². The van der Waals surface area contributed by atoms with Crippen molar-refractivity contribution in [2.24, 2.45) is 0 Å². The molecule has 2 heterocycles. The van der Waals surface area contributed by atoms with Crippen LogP contribution in [0.1, 0.15) is 24.4 Å². The molecule has 4 nitrogen and oxygen atoms in total. The first kappa shape index (κ1) is 14.2. The van der Waals surface area contributed by atoms with E-state index < -0.39 is 0 Å². The SMILES string of the molecule is CCn1ncnc1CC(NC)c1cc(Br)sc1Br. The highest BCUT2D eigenvalue weighted by atomic mass is 79.9. The van der Waals surface area contributed by atoms with Crippen LogP contribution in [-0.4, -0.2) is 21.8 Å². The van der Waals surface area contributed by atoms with E-state index in [1.807, 2.05) is 11.7 Å². The van der Waals surface area contributed by atoms with E-state index in [0.29, 0.717) is 0 Å². The molecule has 0 bridgehead atoms. The Balaban J connectivity index is 2.22. The summed E-state index contributed by atoms with van der Waals surface area (Å²) in [5, 5.41) is 7.54. The van der Waals surface area contributed by atoms with Crippen molar-refractivity contribution in [3.8, 4) is 0 Å². The Morgan fingerprint density at radius 1 is 1.50 bits per heavy atom. The summed E-state index contributed by atoms with van der Waals surface area (Å²) in [7, 11) is 1.97. The van der Waals surface area contributed by atoms with Crippen LogP contribution in [0.15, 0.2) is 20.0 Å². The fourth-order valence-electron chi connectivity index (χ4n) is 1.85. The molecule has 2 aromatic rings. The van der Waals surface area contributed by atoms with Crippen molar-refractivity contribution in [3.63, 3.8) is 0 Å². The second kappa shape index (κ2) is 6.27. The topological polar surface area (TPSA) is 42.7 Å². The van der Waals surface area contributed by atoms with Gasteiger partial charge in [0.15, 0.2) is 0 Å². The van der Waals surface area contributed by atoms with Crippen molar-refractivity contribution in [1.29, 1.82) is 0 Å². The van der Waals surface area contributed by atoms with Gasteiger partial charge in [-0.05, 0) is 57.5 Å². The molecule has 0 saturated heterocycles. The van der Waals surface area contributed by atoms with Crippen LogP contribution in [0.25, 0.3) is 0 Å². The molecule has 0 aliphatic carbocycles. The van der Waals surface area contributed by atoms with E-state index in [9.17, 15) is 0 Å². The Kier molecular flexibility index (Phi) is 4.94. The van der Waals surface area contributed by atoms with E-state index >= 15 is 0 Å². The number of thiophene rings is 1. The number of aromatic nitrogens is 3. The lowest BCUT2D eigenvalue weighted by molar-refractivity contribution is 0.533. The molecule has 0 fully saturated rings. The number of rotatable bonds is 5. The third-order valence-electron chi connectivity index (χ3n) is 2.79. The second-order valence-corrected chi connectivity index (χ2v) is 7.57. The molecular weight excluding hydrogens is 380 g/mol. The minimum Gasteiger partial charge on any atom is -0.313 e. The van der Waals surface area contributed by atoms with Gasteiger partial charge in [0.25, 0.3) is 0 Å². The van der Waals surface area contributed by atoms with Crippen molar-refractivity contribution < 1.29 is 0 Å². The molecule has 1 N–H and O–H groups in total. The molecule has 2 rings (SSSR count). The lowest BCUT2D eigenvalue weighted by Crippen LogP contribution is -2.21. The summed E-state index contributed by atoms with van der Waals surface area (Å²) in [6, 6.07) is 2.37. The molecule has 18 heavy (non-hydrogen) atoms. The van der Waals surface area contributed by atoms with Crippen LogP contribution in [0.5, 0.6) is 0 Å². The summed E-state index contributed by atoms with van der Waals surface area (Å²) in [6.07, 6.45) is 2.44. The maximum atomic E-state index is 4.32. The summed E-state index contributed by atoms with van der Waals surface area (Å²) < 4.78 is 4.21. The van der Waals surface area contributed by atoms with Crippen molar-refractivity contribution in [3.05, 3.63) is 31.4 Å². The normalized spacial score (nSPS) is 12.9. The Morgan fingerprint density at radius 3 is 2.83 bits per heavy atom. The van der Waals surface area contributed by atoms with Gasteiger partial charge >= 0.3 is 0 Å². The molecule has 0 radical (unpaired) electrons. The van der Waals surface area contributed by atoms with E-state index in [1.165, 1.54) is 5.56 Å². The van der Waals surface area contributed by atoms with E-state index in [1.54, 1.807) is 17.7 Å². The van der Waals surface area contributed by atoms with Crippen LogP contribution in [0.4, 0.5) is 0 Å². The molecule has 1 unspecified atom stereocenters. The number of hydrogen-bond donors (Lipinski definition) is 1. The van der Waals surface area contributed by atoms with Crippen LogP contribution >= 0.6 is 43.2 Å². The summed E-state index contributed by atoms with van der Waals surface area (Å²) >= 11 is 8.80. The van der Waals surface area contributed by atoms with Crippen LogP contribution in [-0.2, 0) is 13.0 Å². The van der Waals surface area contributed by atoms with Gasteiger partial charge in [-0.1, -0.05) is 0 Å². The first-order valence-electron chi connectivity index (χ1n) is 5.64. The molecule has 1 atom stereocenters.